The minimum absolute atomic E-state index is 0.0587. The SMILES string of the molecule is C[C@@H]1C[C@H]2Cc3nc(-c4ccccn4)c(-c4ccccc4)cc3[C@@]3(C1)[C@@H]2CCCN3Cc1ccccc1. The maximum atomic E-state index is 5.51. The quantitative estimate of drug-likeness (QED) is 0.299. The molecule has 0 unspecified atom stereocenters. The lowest BCUT2D eigenvalue weighted by Gasteiger charge is -2.61. The molecule has 7 rings (SSSR count). The number of pyridine rings is 2. The molecule has 0 N–H and O–H groups in total. The number of rotatable bonds is 4. The summed E-state index contributed by atoms with van der Waals surface area (Å²) in [5, 5.41) is 0. The highest BCUT2D eigenvalue weighted by molar-refractivity contribution is 5.80. The summed E-state index contributed by atoms with van der Waals surface area (Å²) in [5.74, 6) is 2.14. The Kier molecular flexibility index (Phi) is 5.70. The molecule has 3 heterocycles. The number of benzene rings is 2. The average molecular weight is 486 g/mol. The molecule has 186 valence electrons. The lowest BCUT2D eigenvalue weighted by molar-refractivity contribution is -0.0967. The van der Waals surface area contributed by atoms with Crippen molar-refractivity contribution in [2.75, 3.05) is 6.54 Å². The third-order valence-electron chi connectivity index (χ3n) is 9.29. The first-order chi connectivity index (χ1) is 18.2. The molecular formula is C34H35N3. The van der Waals surface area contributed by atoms with E-state index in [0.717, 1.165) is 36.8 Å². The number of nitrogens with zero attached hydrogens (tertiary/aromatic N) is 3. The summed E-state index contributed by atoms with van der Waals surface area (Å²) >= 11 is 0. The van der Waals surface area contributed by atoms with Crippen LogP contribution < -0.4 is 0 Å². The smallest absolute Gasteiger partial charge is 0.0967 e. The van der Waals surface area contributed by atoms with E-state index in [1.54, 1.807) is 0 Å². The number of hydrogen-bond donors (Lipinski definition) is 0. The van der Waals surface area contributed by atoms with Crippen LogP contribution in [-0.4, -0.2) is 21.4 Å². The van der Waals surface area contributed by atoms with Crippen molar-refractivity contribution in [1.29, 1.82) is 0 Å². The Balaban J connectivity index is 1.45. The molecule has 3 aliphatic rings. The summed E-state index contributed by atoms with van der Waals surface area (Å²) in [5.41, 5.74) is 8.71. The average Bonchev–Trinajstić information content (AvgIpc) is 2.94. The molecule has 4 aromatic rings. The summed E-state index contributed by atoms with van der Waals surface area (Å²) in [4.78, 5) is 13.1. The van der Waals surface area contributed by atoms with Crippen LogP contribution in [0.25, 0.3) is 22.5 Å². The van der Waals surface area contributed by atoms with Crippen LogP contribution in [0.5, 0.6) is 0 Å². The summed E-state index contributed by atoms with van der Waals surface area (Å²) < 4.78 is 0. The Morgan fingerprint density at radius 1 is 0.946 bits per heavy atom. The van der Waals surface area contributed by atoms with Gasteiger partial charge in [-0.3, -0.25) is 14.9 Å². The van der Waals surface area contributed by atoms with Gasteiger partial charge in [0, 0.05) is 24.0 Å². The molecule has 2 bridgehead atoms. The van der Waals surface area contributed by atoms with Gasteiger partial charge in [-0.25, -0.2) is 0 Å². The molecular weight excluding hydrogens is 450 g/mol. The van der Waals surface area contributed by atoms with Crippen LogP contribution in [0.15, 0.2) is 91.1 Å². The maximum absolute atomic E-state index is 5.51. The predicted octanol–water partition coefficient (Wildman–Crippen LogP) is 7.52. The van der Waals surface area contributed by atoms with E-state index in [2.05, 4.69) is 90.7 Å². The van der Waals surface area contributed by atoms with Gasteiger partial charge in [0.15, 0.2) is 0 Å². The van der Waals surface area contributed by atoms with Gasteiger partial charge in [-0.15, -0.1) is 0 Å². The van der Waals surface area contributed by atoms with E-state index in [1.165, 1.54) is 53.6 Å². The van der Waals surface area contributed by atoms with Crippen LogP contribution in [-0.2, 0) is 18.5 Å². The van der Waals surface area contributed by atoms with Crippen LogP contribution in [0.1, 0.15) is 49.4 Å². The maximum Gasteiger partial charge on any atom is 0.0967 e. The molecule has 1 aliphatic heterocycles. The molecule has 37 heavy (non-hydrogen) atoms. The monoisotopic (exact) mass is 485 g/mol. The van der Waals surface area contributed by atoms with Crippen LogP contribution in [0.3, 0.4) is 0 Å². The topological polar surface area (TPSA) is 29.0 Å². The van der Waals surface area contributed by atoms with Gasteiger partial charge >= 0.3 is 0 Å². The molecule has 1 saturated carbocycles. The van der Waals surface area contributed by atoms with E-state index in [9.17, 15) is 0 Å². The van der Waals surface area contributed by atoms with Crippen molar-refractivity contribution in [1.82, 2.24) is 14.9 Å². The Morgan fingerprint density at radius 2 is 1.73 bits per heavy atom. The normalized spacial score (nSPS) is 26.8. The Morgan fingerprint density at radius 3 is 2.51 bits per heavy atom. The second-order valence-electron chi connectivity index (χ2n) is 11.5. The van der Waals surface area contributed by atoms with E-state index in [4.69, 9.17) is 9.97 Å². The Bertz CT molecular complexity index is 1390. The van der Waals surface area contributed by atoms with Gasteiger partial charge in [0.05, 0.1) is 16.9 Å². The van der Waals surface area contributed by atoms with Gasteiger partial charge in [-0.1, -0.05) is 73.7 Å². The zero-order chi connectivity index (χ0) is 24.8. The fraction of sp³-hybridized carbons (Fsp3) is 0.353. The first-order valence-electron chi connectivity index (χ1n) is 14.0. The predicted molar refractivity (Wildman–Crippen MR) is 150 cm³/mol. The lowest BCUT2D eigenvalue weighted by Crippen LogP contribution is -2.61. The van der Waals surface area contributed by atoms with Gasteiger partial charge in [0.2, 0.25) is 0 Å². The molecule has 2 aromatic carbocycles. The number of piperidine rings is 1. The Hall–Kier alpha value is -3.30. The first-order valence-corrected chi connectivity index (χ1v) is 14.0. The minimum atomic E-state index is 0.0587. The number of likely N-dealkylation sites (tertiary alicyclic amines) is 1. The van der Waals surface area contributed by atoms with Gasteiger partial charge < -0.3 is 0 Å². The summed E-state index contributed by atoms with van der Waals surface area (Å²) in [6.45, 7) is 4.66. The van der Waals surface area contributed by atoms with Crippen molar-refractivity contribution >= 4 is 0 Å². The molecule has 2 aromatic heterocycles. The minimum Gasteiger partial charge on any atom is -0.289 e. The highest BCUT2D eigenvalue weighted by Crippen LogP contribution is 2.59. The highest BCUT2D eigenvalue weighted by atomic mass is 15.2. The molecule has 0 radical (unpaired) electrons. The van der Waals surface area contributed by atoms with E-state index in [-0.39, 0.29) is 5.54 Å². The van der Waals surface area contributed by atoms with E-state index in [1.807, 2.05) is 12.3 Å². The van der Waals surface area contributed by atoms with Gasteiger partial charge in [0.25, 0.3) is 0 Å². The van der Waals surface area contributed by atoms with Gasteiger partial charge in [-0.2, -0.15) is 0 Å². The molecule has 2 aliphatic carbocycles. The van der Waals surface area contributed by atoms with Crippen molar-refractivity contribution < 1.29 is 0 Å². The number of aromatic nitrogens is 2. The number of fused-ring (bicyclic) bond motifs is 1. The number of hydrogen-bond acceptors (Lipinski definition) is 3. The molecule has 0 amide bonds. The van der Waals surface area contributed by atoms with E-state index >= 15 is 0 Å². The molecule has 0 spiro atoms. The standard InChI is InChI=1S/C34H35N3/c1-24-19-27-20-32-30(34(22-24)29(27)15-10-18-37(34)23-25-11-4-2-5-12-25)21-28(26-13-6-3-7-14-26)33(36-32)31-16-8-9-17-35-31/h2-9,11-14,16-17,21,24,27,29H,10,15,18-20,22-23H2,1H3/t24-,27+,29-,34-/m1/s1. The van der Waals surface area contributed by atoms with Crippen molar-refractivity contribution in [3.05, 3.63) is 108 Å². The van der Waals surface area contributed by atoms with Crippen molar-refractivity contribution in [2.24, 2.45) is 17.8 Å². The highest BCUT2D eigenvalue weighted by Gasteiger charge is 2.57. The zero-order valence-corrected chi connectivity index (χ0v) is 21.7. The fourth-order valence-electron chi connectivity index (χ4n) is 7.97. The molecule has 3 heteroatoms. The molecule has 3 nitrogen and oxygen atoms in total. The van der Waals surface area contributed by atoms with Crippen molar-refractivity contribution in [2.45, 2.75) is 51.1 Å². The van der Waals surface area contributed by atoms with E-state index in [0.29, 0.717) is 11.8 Å². The first kappa shape index (κ1) is 22.9. The second-order valence-corrected chi connectivity index (χ2v) is 11.5. The third kappa shape index (κ3) is 3.83. The third-order valence-corrected chi connectivity index (χ3v) is 9.29. The van der Waals surface area contributed by atoms with Crippen LogP contribution in [0.2, 0.25) is 0 Å². The molecule has 4 atom stereocenters. The molecule has 1 saturated heterocycles. The summed E-state index contributed by atoms with van der Waals surface area (Å²) in [6.07, 6.45) is 8.17. The second kappa shape index (κ2) is 9.22. The largest absolute Gasteiger partial charge is 0.289 e. The zero-order valence-electron chi connectivity index (χ0n) is 21.7. The molecule has 2 fully saturated rings. The Labute approximate surface area is 220 Å². The van der Waals surface area contributed by atoms with Gasteiger partial charge in [0.1, 0.15) is 0 Å². The summed E-state index contributed by atoms with van der Waals surface area (Å²) in [7, 11) is 0. The van der Waals surface area contributed by atoms with Gasteiger partial charge in [-0.05, 0) is 91.3 Å². The lowest BCUT2D eigenvalue weighted by atomic mass is 9.53. The van der Waals surface area contributed by atoms with Crippen LogP contribution >= 0.6 is 0 Å². The van der Waals surface area contributed by atoms with Crippen molar-refractivity contribution in [3.63, 3.8) is 0 Å². The summed E-state index contributed by atoms with van der Waals surface area (Å²) in [6, 6.07) is 30.6. The van der Waals surface area contributed by atoms with E-state index < -0.39 is 0 Å². The van der Waals surface area contributed by atoms with Crippen molar-refractivity contribution in [3.8, 4) is 22.5 Å². The van der Waals surface area contributed by atoms with Crippen LogP contribution in [0, 0.1) is 17.8 Å². The fourth-order valence-corrected chi connectivity index (χ4v) is 7.97. The van der Waals surface area contributed by atoms with Crippen LogP contribution in [0.4, 0.5) is 0 Å².